The third-order valence-corrected chi connectivity index (χ3v) is 4.43. The van der Waals surface area contributed by atoms with E-state index in [2.05, 4.69) is 9.72 Å². The molecule has 0 saturated carbocycles. The zero-order valence-corrected chi connectivity index (χ0v) is 15.5. The number of nitriles is 1. The van der Waals surface area contributed by atoms with E-state index in [1.807, 2.05) is 6.07 Å². The molecule has 1 aliphatic heterocycles. The first-order valence-corrected chi connectivity index (χ1v) is 8.69. The first-order chi connectivity index (χ1) is 13.0. The fourth-order valence-corrected chi connectivity index (χ4v) is 2.95. The van der Waals surface area contributed by atoms with E-state index in [1.54, 1.807) is 13.8 Å². The molecule has 1 aromatic rings. The van der Waals surface area contributed by atoms with Crippen LogP contribution < -0.4 is 4.74 Å². The minimum absolute atomic E-state index is 0.0537. The molecule has 1 amide bonds. The lowest BCUT2D eigenvalue weighted by molar-refractivity contribution is -0.274. The van der Waals surface area contributed by atoms with Crippen molar-refractivity contribution < 1.29 is 27.5 Å². The lowest BCUT2D eigenvalue weighted by Gasteiger charge is -2.27. The Bertz CT molecular complexity index is 826. The van der Waals surface area contributed by atoms with Crippen LogP contribution in [0.25, 0.3) is 0 Å². The van der Waals surface area contributed by atoms with Gasteiger partial charge >= 0.3 is 6.36 Å². The number of ether oxygens (including phenoxy) is 1. The van der Waals surface area contributed by atoms with Gasteiger partial charge in [0.05, 0.1) is 5.57 Å². The van der Waals surface area contributed by atoms with Crippen LogP contribution in [0.4, 0.5) is 13.2 Å². The third kappa shape index (κ3) is 5.55. The minimum atomic E-state index is -4.87. The van der Waals surface area contributed by atoms with Gasteiger partial charge in [-0.05, 0) is 25.3 Å². The van der Waals surface area contributed by atoms with Crippen molar-refractivity contribution in [3.05, 3.63) is 35.7 Å². The van der Waals surface area contributed by atoms with Gasteiger partial charge in [0.1, 0.15) is 17.5 Å². The molecule has 2 heterocycles. The number of halogens is 3. The quantitative estimate of drug-likeness (QED) is 0.763. The van der Waals surface area contributed by atoms with Gasteiger partial charge in [0.15, 0.2) is 5.78 Å². The van der Waals surface area contributed by atoms with Gasteiger partial charge < -0.3 is 9.64 Å². The standard InChI is InChI=1S/C19H20F3N3O3/c1-18(2)7-4-10-25(9-3-5-13(12-23)16(18)26)17(27)15-11-14(6-8-24-15)28-19(20,21)22/h5-6,8,11H,3-4,7,9-10H2,1-2H3/b13-5-. The van der Waals surface area contributed by atoms with Crippen LogP contribution in [0.15, 0.2) is 30.0 Å². The molecule has 1 aliphatic rings. The minimum Gasteiger partial charge on any atom is -0.406 e. The second-order valence-corrected chi connectivity index (χ2v) is 7.05. The number of amides is 1. The van der Waals surface area contributed by atoms with Crippen molar-refractivity contribution in [2.45, 2.75) is 39.5 Å². The van der Waals surface area contributed by atoms with Crippen LogP contribution in [0.3, 0.4) is 0 Å². The van der Waals surface area contributed by atoms with Gasteiger partial charge in [-0.3, -0.25) is 14.6 Å². The normalized spacial score (nSPS) is 19.9. The third-order valence-electron chi connectivity index (χ3n) is 4.43. The lowest BCUT2D eigenvalue weighted by atomic mass is 9.80. The van der Waals surface area contributed by atoms with Crippen molar-refractivity contribution in [1.82, 2.24) is 9.88 Å². The van der Waals surface area contributed by atoms with Crippen LogP contribution in [-0.4, -0.2) is 41.0 Å². The van der Waals surface area contributed by atoms with Crippen molar-refractivity contribution in [2.24, 2.45) is 5.41 Å². The molecule has 0 bridgehead atoms. The predicted molar refractivity (Wildman–Crippen MR) is 93.2 cm³/mol. The molecular weight excluding hydrogens is 375 g/mol. The summed E-state index contributed by atoms with van der Waals surface area (Å²) >= 11 is 0. The fourth-order valence-electron chi connectivity index (χ4n) is 2.95. The molecule has 6 nitrogen and oxygen atoms in total. The summed E-state index contributed by atoms with van der Waals surface area (Å²) in [6, 6.07) is 3.86. The van der Waals surface area contributed by atoms with Gasteiger partial charge in [-0.2, -0.15) is 5.26 Å². The van der Waals surface area contributed by atoms with Crippen LogP contribution >= 0.6 is 0 Å². The Hall–Kier alpha value is -2.89. The summed E-state index contributed by atoms with van der Waals surface area (Å²) in [7, 11) is 0. The number of Topliss-reactive ketones (excluding diaryl/α,β-unsaturated/α-hetero) is 1. The highest BCUT2D eigenvalue weighted by Crippen LogP contribution is 2.28. The molecule has 0 N–H and O–H groups in total. The van der Waals surface area contributed by atoms with Crippen molar-refractivity contribution in [3.8, 4) is 11.8 Å². The highest BCUT2D eigenvalue weighted by Gasteiger charge is 2.32. The van der Waals surface area contributed by atoms with Crippen molar-refractivity contribution in [1.29, 1.82) is 5.26 Å². The number of hydrogen-bond donors (Lipinski definition) is 0. The van der Waals surface area contributed by atoms with Crippen LogP contribution in [0.1, 0.15) is 43.6 Å². The van der Waals surface area contributed by atoms with Gasteiger partial charge in [0.2, 0.25) is 0 Å². The monoisotopic (exact) mass is 395 g/mol. The maximum absolute atomic E-state index is 12.7. The maximum Gasteiger partial charge on any atom is 0.573 e. The molecule has 0 radical (unpaired) electrons. The lowest BCUT2D eigenvalue weighted by Crippen LogP contribution is -2.35. The Kier molecular flexibility index (Phi) is 6.44. The van der Waals surface area contributed by atoms with Crippen LogP contribution in [0.5, 0.6) is 5.75 Å². The highest BCUT2D eigenvalue weighted by molar-refractivity contribution is 6.02. The number of allylic oxidation sites excluding steroid dienone is 1. The number of carbonyl (C=O) groups excluding carboxylic acids is 2. The van der Waals surface area contributed by atoms with Crippen molar-refractivity contribution in [3.63, 3.8) is 0 Å². The topological polar surface area (TPSA) is 83.3 Å². The van der Waals surface area contributed by atoms with E-state index in [-0.39, 0.29) is 30.0 Å². The number of rotatable bonds is 2. The predicted octanol–water partition coefficient (Wildman–Crippen LogP) is 3.65. The van der Waals surface area contributed by atoms with Crippen LogP contribution in [-0.2, 0) is 4.79 Å². The Morgan fingerprint density at radius 3 is 2.71 bits per heavy atom. The van der Waals surface area contributed by atoms with Gasteiger partial charge in [-0.25, -0.2) is 0 Å². The summed E-state index contributed by atoms with van der Waals surface area (Å²) in [6.45, 7) is 4.02. The second kappa shape index (κ2) is 8.42. The van der Waals surface area contributed by atoms with E-state index in [0.29, 0.717) is 19.4 Å². The summed E-state index contributed by atoms with van der Waals surface area (Å²) in [5.74, 6) is -1.29. The Labute approximate surface area is 160 Å². The largest absolute Gasteiger partial charge is 0.573 e. The molecule has 150 valence electrons. The van der Waals surface area contributed by atoms with E-state index in [4.69, 9.17) is 0 Å². The van der Waals surface area contributed by atoms with Crippen molar-refractivity contribution >= 4 is 11.7 Å². The number of ketones is 1. The van der Waals surface area contributed by atoms with E-state index in [1.165, 1.54) is 11.0 Å². The summed E-state index contributed by atoms with van der Waals surface area (Å²) in [4.78, 5) is 30.5. The Balaban J connectivity index is 2.22. The SMILES string of the molecule is CC1(C)CCCN(C(=O)c2cc(OC(F)(F)F)ccn2)CC/C=C(/C#N)C1=O. The summed E-state index contributed by atoms with van der Waals surface area (Å²) < 4.78 is 41.0. The molecule has 9 heteroatoms. The Morgan fingerprint density at radius 2 is 2.07 bits per heavy atom. The van der Waals surface area contributed by atoms with Crippen LogP contribution in [0, 0.1) is 16.7 Å². The smallest absolute Gasteiger partial charge is 0.406 e. The number of hydrogen-bond acceptors (Lipinski definition) is 5. The van der Waals surface area contributed by atoms with Gasteiger partial charge in [0, 0.05) is 30.8 Å². The molecule has 0 fully saturated rings. The molecule has 0 aliphatic carbocycles. The van der Waals surface area contributed by atoms with E-state index in [9.17, 15) is 28.0 Å². The molecule has 0 unspecified atom stereocenters. The molecule has 0 atom stereocenters. The number of aromatic nitrogens is 1. The zero-order chi connectivity index (χ0) is 20.9. The molecule has 0 spiro atoms. The molecular formula is C19H20F3N3O3. The first-order valence-electron chi connectivity index (χ1n) is 8.69. The summed E-state index contributed by atoms with van der Waals surface area (Å²) in [5.41, 5.74) is -0.858. The fraction of sp³-hybridized carbons (Fsp3) is 0.474. The zero-order valence-electron chi connectivity index (χ0n) is 15.5. The molecule has 0 aromatic carbocycles. The molecule has 2 rings (SSSR count). The summed E-state index contributed by atoms with van der Waals surface area (Å²) in [5, 5.41) is 9.21. The summed E-state index contributed by atoms with van der Waals surface area (Å²) in [6.07, 6.45) is -1.07. The second-order valence-electron chi connectivity index (χ2n) is 7.05. The first kappa shape index (κ1) is 21.4. The number of carbonyl (C=O) groups is 2. The Morgan fingerprint density at radius 1 is 1.36 bits per heavy atom. The van der Waals surface area contributed by atoms with Crippen molar-refractivity contribution in [2.75, 3.05) is 13.1 Å². The van der Waals surface area contributed by atoms with E-state index < -0.39 is 23.4 Å². The molecule has 1 aromatic heterocycles. The van der Waals surface area contributed by atoms with Gasteiger partial charge in [0.25, 0.3) is 5.91 Å². The average Bonchev–Trinajstić information content (AvgIpc) is 2.61. The maximum atomic E-state index is 12.7. The molecule has 28 heavy (non-hydrogen) atoms. The number of nitrogens with zero attached hydrogens (tertiary/aromatic N) is 3. The van der Waals surface area contributed by atoms with Gasteiger partial charge in [-0.1, -0.05) is 19.9 Å². The van der Waals surface area contributed by atoms with Crippen LogP contribution in [0.2, 0.25) is 0 Å². The number of alkyl halides is 3. The van der Waals surface area contributed by atoms with E-state index in [0.717, 1.165) is 18.3 Å². The molecule has 0 saturated heterocycles. The average molecular weight is 395 g/mol. The van der Waals surface area contributed by atoms with E-state index >= 15 is 0 Å². The number of pyridine rings is 1. The highest BCUT2D eigenvalue weighted by atomic mass is 19.4. The van der Waals surface area contributed by atoms with Gasteiger partial charge in [-0.15, -0.1) is 13.2 Å².